The molecule has 1 unspecified atom stereocenters. The number of hydrogen-bond donors (Lipinski definition) is 3. The number of aliphatic carboxylic acids is 1. The molecule has 116 valence electrons. The Morgan fingerprint density at radius 1 is 1.45 bits per heavy atom. The number of amides is 2. The molecule has 1 aliphatic heterocycles. The Morgan fingerprint density at radius 3 is 2.65 bits per heavy atom. The van der Waals surface area contributed by atoms with Crippen LogP contribution in [0.4, 0.5) is 4.79 Å². The lowest BCUT2D eigenvalue weighted by Crippen LogP contribution is -2.48. The van der Waals surface area contributed by atoms with Gasteiger partial charge in [0.2, 0.25) is 0 Å². The molecule has 0 aromatic heterocycles. The van der Waals surface area contributed by atoms with E-state index in [1.165, 1.54) is 11.8 Å². The van der Waals surface area contributed by atoms with E-state index in [0.717, 1.165) is 0 Å². The van der Waals surface area contributed by atoms with E-state index in [2.05, 4.69) is 10.6 Å². The highest BCUT2D eigenvalue weighted by Crippen LogP contribution is 2.18. The van der Waals surface area contributed by atoms with Crippen LogP contribution in [0.1, 0.15) is 19.3 Å². The Bertz CT molecular complexity index is 452. The van der Waals surface area contributed by atoms with E-state index < -0.39 is 33.1 Å². The van der Waals surface area contributed by atoms with Gasteiger partial charge in [-0.25, -0.2) is 18.0 Å². The fraction of sp³-hybridized carbons (Fsp3) is 0.818. The Labute approximate surface area is 122 Å². The van der Waals surface area contributed by atoms with Crippen molar-refractivity contribution in [3.63, 3.8) is 0 Å². The minimum Gasteiger partial charge on any atom is -0.480 e. The molecule has 0 aromatic rings. The Morgan fingerprint density at radius 2 is 2.15 bits per heavy atom. The maximum Gasteiger partial charge on any atom is 0.326 e. The third-order valence-corrected chi connectivity index (χ3v) is 6.09. The molecule has 7 nitrogen and oxygen atoms in total. The van der Waals surface area contributed by atoms with Crippen molar-refractivity contribution in [2.24, 2.45) is 0 Å². The van der Waals surface area contributed by atoms with Crippen molar-refractivity contribution < 1.29 is 23.1 Å². The van der Waals surface area contributed by atoms with Crippen LogP contribution in [0, 0.1) is 0 Å². The minimum atomic E-state index is -3.10. The molecule has 1 fully saturated rings. The van der Waals surface area contributed by atoms with E-state index in [1.54, 1.807) is 0 Å². The number of carboxylic acid groups (broad SMARTS) is 1. The monoisotopic (exact) mass is 324 g/mol. The highest BCUT2D eigenvalue weighted by atomic mass is 32.2. The number of urea groups is 1. The third kappa shape index (κ3) is 5.20. The average Bonchev–Trinajstić information content (AvgIpc) is 2.70. The van der Waals surface area contributed by atoms with Crippen LogP contribution >= 0.6 is 11.8 Å². The van der Waals surface area contributed by atoms with Gasteiger partial charge >= 0.3 is 12.0 Å². The first-order valence-electron chi connectivity index (χ1n) is 6.34. The lowest BCUT2D eigenvalue weighted by molar-refractivity contribution is -0.139. The number of thioether (sulfide) groups is 1. The van der Waals surface area contributed by atoms with Crippen molar-refractivity contribution >= 4 is 33.6 Å². The molecule has 0 saturated carbocycles. The molecule has 2 atom stereocenters. The predicted octanol–water partition coefficient (Wildman–Crippen LogP) is 0.0691. The first-order chi connectivity index (χ1) is 9.36. The van der Waals surface area contributed by atoms with Gasteiger partial charge in [-0.3, -0.25) is 0 Å². The molecule has 0 spiro atoms. The zero-order chi connectivity index (χ0) is 15.2. The number of sulfone groups is 1. The summed E-state index contributed by atoms with van der Waals surface area (Å²) in [6, 6.07) is -1.59. The smallest absolute Gasteiger partial charge is 0.326 e. The van der Waals surface area contributed by atoms with Crippen LogP contribution in [-0.4, -0.2) is 61.1 Å². The molecule has 1 heterocycles. The van der Waals surface area contributed by atoms with Crippen LogP contribution in [0.25, 0.3) is 0 Å². The predicted molar refractivity (Wildman–Crippen MR) is 77.8 cm³/mol. The van der Waals surface area contributed by atoms with Crippen LogP contribution in [0.2, 0.25) is 0 Å². The van der Waals surface area contributed by atoms with E-state index in [9.17, 15) is 18.0 Å². The zero-order valence-electron chi connectivity index (χ0n) is 11.3. The topological polar surface area (TPSA) is 113 Å². The Balaban J connectivity index is 2.40. The maximum atomic E-state index is 11.6. The fourth-order valence-corrected chi connectivity index (χ4v) is 4.23. The maximum absolute atomic E-state index is 11.6. The summed E-state index contributed by atoms with van der Waals surface area (Å²) in [7, 11) is -3.10. The summed E-state index contributed by atoms with van der Waals surface area (Å²) in [5.74, 6) is -0.316. The van der Waals surface area contributed by atoms with Crippen molar-refractivity contribution in [2.45, 2.75) is 30.6 Å². The Kier molecular flexibility index (Phi) is 6.60. The largest absolute Gasteiger partial charge is 0.480 e. The summed E-state index contributed by atoms with van der Waals surface area (Å²) in [4.78, 5) is 22.6. The highest BCUT2D eigenvalue weighted by Gasteiger charge is 2.31. The summed E-state index contributed by atoms with van der Waals surface area (Å²) in [5.41, 5.74) is 0. The van der Waals surface area contributed by atoms with Gasteiger partial charge in [-0.2, -0.15) is 11.8 Å². The summed E-state index contributed by atoms with van der Waals surface area (Å²) < 4.78 is 23.2. The van der Waals surface area contributed by atoms with Crippen LogP contribution in [0.15, 0.2) is 0 Å². The van der Waals surface area contributed by atoms with E-state index in [4.69, 9.17) is 5.11 Å². The zero-order valence-corrected chi connectivity index (χ0v) is 12.9. The quantitative estimate of drug-likeness (QED) is 0.611. The van der Waals surface area contributed by atoms with Gasteiger partial charge in [0.15, 0.2) is 9.84 Å². The summed E-state index contributed by atoms with van der Waals surface area (Å²) in [5, 5.41) is 13.2. The second-order valence-corrected chi connectivity index (χ2v) is 8.04. The van der Waals surface area contributed by atoms with E-state index in [-0.39, 0.29) is 12.3 Å². The third-order valence-electron chi connectivity index (χ3n) is 3.17. The lowest BCUT2D eigenvalue weighted by Gasteiger charge is -2.16. The van der Waals surface area contributed by atoms with Gasteiger partial charge in [-0.05, 0) is 31.3 Å². The number of carbonyl (C=O) groups is 2. The molecule has 1 rings (SSSR count). The van der Waals surface area contributed by atoms with Crippen LogP contribution in [0.3, 0.4) is 0 Å². The van der Waals surface area contributed by atoms with Crippen molar-refractivity contribution in [3.8, 4) is 0 Å². The molecule has 2 amide bonds. The molecule has 0 bridgehead atoms. The van der Waals surface area contributed by atoms with Gasteiger partial charge in [0.25, 0.3) is 0 Å². The van der Waals surface area contributed by atoms with E-state index in [0.29, 0.717) is 25.0 Å². The van der Waals surface area contributed by atoms with Crippen LogP contribution < -0.4 is 10.6 Å². The summed E-state index contributed by atoms with van der Waals surface area (Å²) in [6.07, 6.45) is 3.33. The SMILES string of the molecule is CSCC[C@H](NC(=O)NCC1CCCS1(=O)=O)C(=O)O. The van der Waals surface area contributed by atoms with Gasteiger partial charge in [0.1, 0.15) is 6.04 Å². The molecular formula is C11H20N2O5S2. The number of rotatable bonds is 7. The summed E-state index contributed by atoms with van der Waals surface area (Å²) >= 11 is 1.49. The van der Waals surface area contributed by atoms with Gasteiger partial charge in [-0.1, -0.05) is 0 Å². The molecule has 0 aliphatic carbocycles. The lowest BCUT2D eigenvalue weighted by atomic mass is 10.2. The molecule has 9 heteroatoms. The normalized spacial score (nSPS) is 22.1. The molecule has 20 heavy (non-hydrogen) atoms. The second-order valence-electron chi connectivity index (χ2n) is 4.66. The number of carbonyl (C=O) groups excluding carboxylic acids is 1. The van der Waals surface area contributed by atoms with Crippen molar-refractivity contribution in [3.05, 3.63) is 0 Å². The Hall–Kier alpha value is -0.960. The van der Waals surface area contributed by atoms with Crippen molar-refractivity contribution in [2.75, 3.05) is 24.3 Å². The van der Waals surface area contributed by atoms with E-state index in [1.807, 2.05) is 6.26 Å². The molecule has 1 aliphatic rings. The average molecular weight is 324 g/mol. The van der Waals surface area contributed by atoms with E-state index >= 15 is 0 Å². The van der Waals surface area contributed by atoms with Crippen LogP contribution in [0.5, 0.6) is 0 Å². The first-order valence-corrected chi connectivity index (χ1v) is 9.45. The van der Waals surface area contributed by atoms with Gasteiger partial charge in [0.05, 0.1) is 11.0 Å². The highest BCUT2D eigenvalue weighted by molar-refractivity contribution is 7.98. The van der Waals surface area contributed by atoms with Crippen molar-refractivity contribution in [1.29, 1.82) is 0 Å². The number of hydrogen-bond acceptors (Lipinski definition) is 5. The standard InChI is InChI=1S/C11H20N2O5S2/c1-19-5-4-9(10(14)15)13-11(16)12-7-8-3-2-6-20(8,17)18/h8-9H,2-7H2,1H3,(H,14,15)(H2,12,13,16)/t8?,9-/m0/s1. The number of carboxylic acids is 1. The molecule has 0 radical (unpaired) electrons. The van der Waals surface area contributed by atoms with Gasteiger partial charge in [0, 0.05) is 6.54 Å². The molecule has 0 aromatic carbocycles. The van der Waals surface area contributed by atoms with Gasteiger partial charge < -0.3 is 15.7 Å². The fourth-order valence-electron chi connectivity index (χ4n) is 2.00. The minimum absolute atomic E-state index is 0.0308. The molecule has 3 N–H and O–H groups in total. The summed E-state index contributed by atoms with van der Waals surface area (Å²) in [6.45, 7) is 0.0308. The molecular weight excluding hydrogens is 304 g/mol. The number of nitrogens with one attached hydrogen (secondary N) is 2. The second kappa shape index (κ2) is 7.72. The first kappa shape index (κ1) is 17.1. The van der Waals surface area contributed by atoms with Gasteiger partial charge in [-0.15, -0.1) is 0 Å². The molecule has 1 saturated heterocycles. The van der Waals surface area contributed by atoms with Crippen molar-refractivity contribution in [1.82, 2.24) is 10.6 Å². The van der Waals surface area contributed by atoms with Crippen LogP contribution in [-0.2, 0) is 14.6 Å².